The molecule has 0 aliphatic heterocycles. The summed E-state index contributed by atoms with van der Waals surface area (Å²) in [5, 5.41) is 0.823. The molecule has 0 amide bonds. The van der Waals surface area contributed by atoms with Gasteiger partial charge < -0.3 is 5.73 Å². The first-order chi connectivity index (χ1) is 10.1. The summed E-state index contributed by atoms with van der Waals surface area (Å²) in [6.45, 7) is 0. The molecule has 0 heterocycles. The van der Waals surface area contributed by atoms with Gasteiger partial charge >= 0.3 is 0 Å². The van der Waals surface area contributed by atoms with Gasteiger partial charge in [0, 0.05) is 21.7 Å². The Kier molecular flexibility index (Phi) is 3.76. The van der Waals surface area contributed by atoms with Gasteiger partial charge in [0.1, 0.15) is 0 Å². The molecule has 0 saturated heterocycles. The van der Waals surface area contributed by atoms with Crippen LogP contribution >= 0.6 is 23.4 Å². The number of hydrogen-bond donors (Lipinski definition) is 1. The molecule has 0 spiro atoms. The molecule has 0 radical (unpaired) electrons. The van der Waals surface area contributed by atoms with Crippen LogP contribution in [-0.2, 0) is 0 Å². The number of benzene rings is 1. The van der Waals surface area contributed by atoms with Gasteiger partial charge in [-0.15, -0.1) is 11.8 Å². The van der Waals surface area contributed by atoms with Gasteiger partial charge in [-0.05, 0) is 79.9 Å². The van der Waals surface area contributed by atoms with E-state index in [-0.39, 0.29) is 0 Å². The summed E-state index contributed by atoms with van der Waals surface area (Å²) in [5.74, 6) is 3.99. The highest BCUT2D eigenvalue weighted by Gasteiger charge is 2.53. The third kappa shape index (κ3) is 2.75. The minimum absolute atomic E-state index is 0.342. The molecule has 1 atom stereocenters. The van der Waals surface area contributed by atoms with Crippen molar-refractivity contribution in [2.75, 3.05) is 5.75 Å². The summed E-state index contributed by atoms with van der Waals surface area (Å²) < 4.78 is 0. The van der Waals surface area contributed by atoms with Crippen LogP contribution in [0.2, 0.25) is 5.02 Å². The van der Waals surface area contributed by atoms with Crippen LogP contribution in [0.3, 0.4) is 0 Å². The summed E-state index contributed by atoms with van der Waals surface area (Å²) in [5.41, 5.74) is 7.16. The highest BCUT2D eigenvalue weighted by atomic mass is 35.5. The summed E-state index contributed by atoms with van der Waals surface area (Å²) in [6, 6.07) is 8.50. The Bertz CT molecular complexity index is 494. The van der Waals surface area contributed by atoms with Crippen LogP contribution in [0.25, 0.3) is 0 Å². The van der Waals surface area contributed by atoms with Gasteiger partial charge in [0.15, 0.2) is 0 Å². The van der Waals surface area contributed by atoms with Crippen molar-refractivity contribution in [1.82, 2.24) is 0 Å². The van der Waals surface area contributed by atoms with Gasteiger partial charge in [-0.1, -0.05) is 17.7 Å². The molecule has 4 aliphatic rings. The smallest absolute Gasteiger partial charge is 0.0417 e. The number of thioether (sulfide) groups is 1. The van der Waals surface area contributed by atoms with E-state index in [2.05, 4.69) is 12.1 Å². The Morgan fingerprint density at radius 2 is 1.76 bits per heavy atom. The molecular weight excluding hydrogens is 298 g/mol. The van der Waals surface area contributed by atoms with Crippen molar-refractivity contribution >= 4 is 23.4 Å². The molecule has 2 N–H and O–H groups in total. The van der Waals surface area contributed by atoms with Gasteiger partial charge in [0.2, 0.25) is 0 Å². The van der Waals surface area contributed by atoms with Crippen molar-refractivity contribution in [3.8, 4) is 0 Å². The Morgan fingerprint density at radius 1 is 1.14 bits per heavy atom. The van der Waals surface area contributed by atoms with Crippen LogP contribution in [0, 0.1) is 23.2 Å². The molecule has 114 valence electrons. The molecule has 1 aromatic rings. The molecule has 4 saturated carbocycles. The van der Waals surface area contributed by atoms with Crippen molar-refractivity contribution < 1.29 is 0 Å². The van der Waals surface area contributed by atoms with Crippen LogP contribution in [0.1, 0.15) is 38.5 Å². The average Bonchev–Trinajstić information content (AvgIpc) is 2.43. The second kappa shape index (κ2) is 5.47. The summed E-state index contributed by atoms with van der Waals surface area (Å²) in [7, 11) is 0. The number of rotatable bonds is 4. The molecular formula is C18H24ClNS. The number of nitrogens with two attached hydrogens (primary N) is 1. The van der Waals surface area contributed by atoms with E-state index in [0.29, 0.717) is 11.5 Å². The fourth-order valence-electron chi connectivity index (χ4n) is 5.55. The molecule has 4 aliphatic carbocycles. The first-order valence-electron chi connectivity index (χ1n) is 8.27. The third-order valence-electron chi connectivity index (χ3n) is 6.10. The average molecular weight is 322 g/mol. The lowest BCUT2D eigenvalue weighted by Gasteiger charge is -2.59. The van der Waals surface area contributed by atoms with Crippen LogP contribution in [0.15, 0.2) is 29.2 Å². The summed E-state index contributed by atoms with van der Waals surface area (Å²) in [6.07, 6.45) is 8.68. The Labute approximate surface area is 137 Å². The monoisotopic (exact) mass is 321 g/mol. The maximum atomic E-state index is 6.70. The lowest BCUT2D eigenvalue weighted by atomic mass is 9.48. The lowest BCUT2D eigenvalue weighted by Crippen LogP contribution is -2.55. The van der Waals surface area contributed by atoms with Crippen molar-refractivity contribution in [3.63, 3.8) is 0 Å². The number of hydrogen-bond acceptors (Lipinski definition) is 2. The topological polar surface area (TPSA) is 26.0 Å². The van der Waals surface area contributed by atoms with Gasteiger partial charge in [-0.3, -0.25) is 0 Å². The zero-order chi connectivity index (χ0) is 14.4. The van der Waals surface area contributed by atoms with E-state index in [9.17, 15) is 0 Å². The molecule has 21 heavy (non-hydrogen) atoms. The van der Waals surface area contributed by atoms with Crippen molar-refractivity contribution in [2.24, 2.45) is 28.9 Å². The molecule has 1 aromatic carbocycles. The van der Waals surface area contributed by atoms with Gasteiger partial charge in [-0.2, -0.15) is 0 Å². The maximum Gasteiger partial charge on any atom is 0.0417 e. The van der Waals surface area contributed by atoms with Crippen LogP contribution < -0.4 is 5.73 Å². The van der Waals surface area contributed by atoms with Crippen LogP contribution in [0.5, 0.6) is 0 Å². The summed E-state index contributed by atoms with van der Waals surface area (Å²) in [4.78, 5) is 1.25. The highest BCUT2D eigenvalue weighted by molar-refractivity contribution is 7.99. The largest absolute Gasteiger partial charge is 0.326 e. The minimum Gasteiger partial charge on any atom is -0.326 e. The molecule has 0 aromatic heterocycles. The minimum atomic E-state index is 0.342. The highest BCUT2D eigenvalue weighted by Crippen LogP contribution is 2.61. The molecule has 4 fully saturated rings. The van der Waals surface area contributed by atoms with E-state index >= 15 is 0 Å². The van der Waals surface area contributed by atoms with E-state index in [1.54, 1.807) is 0 Å². The van der Waals surface area contributed by atoms with Crippen LogP contribution in [-0.4, -0.2) is 11.8 Å². The Hall–Kier alpha value is -0.180. The van der Waals surface area contributed by atoms with E-state index in [1.165, 1.54) is 43.4 Å². The second-order valence-corrected chi connectivity index (χ2v) is 9.18. The van der Waals surface area contributed by atoms with Crippen LogP contribution in [0.4, 0.5) is 0 Å². The van der Waals surface area contributed by atoms with E-state index in [0.717, 1.165) is 28.5 Å². The summed E-state index contributed by atoms with van der Waals surface area (Å²) >= 11 is 7.95. The Morgan fingerprint density at radius 3 is 2.33 bits per heavy atom. The SMILES string of the molecule is NC(CSc1cccc(Cl)c1)C12CC3CC(CC(C3)C1)C2. The molecule has 1 unspecified atom stereocenters. The quantitative estimate of drug-likeness (QED) is 0.792. The first-order valence-corrected chi connectivity index (χ1v) is 9.63. The normalized spacial score (nSPS) is 38.7. The molecule has 1 nitrogen and oxygen atoms in total. The van der Waals surface area contributed by atoms with Gasteiger partial charge in [-0.25, -0.2) is 0 Å². The van der Waals surface area contributed by atoms with E-state index < -0.39 is 0 Å². The number of halogens is 1. The third-order valence-corrected chi connectivity index (χ3v) is 7.45. The fraction of sp³-hybridized carbons (Fsp3) is 0.667. The molecule has 4 bridgehead atoms. The predicted octanol–water partition coefficient (Wildman–Crippen LogP) is 4.98. The standard InChI is InChI=1S/C18H24ClNS/c19-15-2-1-3-16(7-15)21-11-17(20)18-8-12-4-13(9-18)6-14(5-12)10-18/h1-3,7,12-14,17H,4-6,8-11,20H2. The molecule has 3 heteroatoms. The van der Waals surface area contributed by atoms with Gasteiger partial charge in [0.25, 0.3) is 0 Å². The first kappa shape index (κ1) is 14.4. The molecule has 5 rings (SSSR count). The second-order valence-electron chi connectivity index (χ2n) is 7.65. The zero-order valence-corrected chi connectivity index (χ0v) is 14.0. The van der Waals surface area contributed by atoms with E-state index in [1.807, 2.05) is 23.9 Å². The van der Waals surface area contributed by atoms with Crippen molar-refractivity contribution in [1.29, 1.82) is 0 Å². The fourth-order valence-corrected chi connectivity index (χ4v) is 6.92. The van der Waals surface area contributed by atoms with Crippen molar-refractivity contribution in [3.05, 3.63) is 29.3 Å². The van der Waals surface area contributed by atoms with E-state index in [4.69, 9.17) is 17.3 Å². The zero-order valence-electron chi connectivity index (χ0n) is 12.4. The lowest BCUT2D eigenvalue weighted by molar-refractivity contribution is -0.0629. The predicted molar refractivity (Wildman–Crippen MR) is 90.8 cm³/mol. The Balaban J connectivity index is 1.44. The van der Waals surface area contributed by atoms with Crippen molar-refractivity contribution in [2.45, 2.75) is 49.5 Å². The maximum absolute atomic E-state index is 6.70. The van der Waals surface area contributed by atoms with Gasteiger partial charge in [0.05, 0.1) is 0 Å².